The molecule has 3 N–H and O–H groups in total. The minimum Gasteiger partial charge on any atom is -0.388 e. The van der Waals surface area contributed by atoms with E-state index in [1.165, 1.54) is 12.1 Å². The third-order valence-corrected chi connectivity index (χ3v) is 3.94. The second kappa shape index (κ2) is 6.55. The van der Waals surface area contributed by atoms with Gasteiger partial charge in [-0.15, -0.1) is 0 Å². The maximum Gasteiger partial charge on any atom is 0.123 e. The molecule has 2 aromatic rings. The number of benzene rings is 2. The van der Waals surface area contributed by atoms with Gasteiger partial charge in [0.25, 0.3) is 0 Å². The van der Waals surface area contributed by atoms with Gasteiger partial charge in [0.15, 0.2) is 0 Å². The molecule has 0 heterocycles. The summed E-state index contributed by atoms with van der Waals surface area (Å²) >= 11 is 11.8. The highest BCUT2D eigenvalue weighted by Crippen LogP contribution is 2.33. The molecular formula is C15H14Cl2FNO. The first-order chi connectivity index (χ1) is 9.52. The van der Waals surface area contributed by atoms with Crippen LogP contribution in [0.25, 0.3) is 0 Å². The monoisotopic (exact) mass is 313 g/mol. The number of hydrogen-bond donors (Lipinski definition) is 2. The van der Waals surface area contributed by atoms with Crippen LogP contribution in [0, 0.1) is 5.82 Å². The number of aliphatic hydroxyl groups excluding tert-OH is 1. The zero-order chi connectivity index (χ0) is 14.7. The molecule has 2 rings (SSSR count). The minimum absolute atomic E-state index is 0.204. The van der Waals surface area contributed by atoms with Gasteiger partial charge in [-0.1, -0.05) is 41.4 Å². The molecule has 2 aromatic carbocycles. The summed E-state index contributed by atoms with van der Waals surface area (Å²) in [6.07, 6.45) is -0.909. The Morgan fingerprint density at radius 3 is 2.40 bits per heavy atom. The Bertz CT molecular complexity index is 606. The van der Waals surface area contributed by atoms with Crippen molar-refractivity contribution in [3.63, 3.8) is 0 Å². The lowest BCUT2D eigenvalue weighted by atomic mass is 9.89. The van der Waals surface area contributed by atoms with Gasteiger partial charge in [0, 0.05) is 12.5 Å². The maximum absolute atomic E-state index is 13.2. The Hall–Kier alpha value is -1.13. The van der Waals surface area contributed by atoms with Gasteiger partial charge >= 0.3 is 0 Å². The van der Waals surface area contributed by atoms with Crippen molar-refractivity contribution in [3.05, 3.63) is 69.5 Å². The molecule has 0 radical (unpaired) electrons. The molecular weight excluding hydrogens is 300 g/mol. The van der Waals surface area contributed by atoms with Crippen LogP contribution in [0.3, 0.4) is 0 Å². The summed E-state index contributed by atoms with van der Waals surface area (Å²) in [5, 5.41) is 11.2. The van der Waals surface area contributed by atoms with E-state index in [4.69, 9.17) is 28.9 Å². The second-order valence-corrected chi connectivity index (χ2v) is 5.33. The molecule has 2 unspecified atom stereocenters. The number of hydrogen-bond acceptors (Lipinski definition) is 2. The molecule has 20 heavy (non-hydrogen) atoms. The predicted octanol–water partition coefficient (Wildman–Crippen LogP) is 3.91. The molecule has 2 nitrogen and oxygen atoms in total. The van der Waals surface area contributed by atoms with Crippen molar-refractivity contribution in [3.8, 4) is 0 Å². The highest BCUT2D eigenvalue weighted by molar-refractivity contribution is 6.42. The van der Waals surface area contributed by atoms with Gasteiger partial charge in [-0.25, -0.2) is 4.39 Å². The molecule has 0 aromatic heterocycles. The molecule has 0 saturated carbocycles. The van der Waals surface area contributed by atoms with Gasteiger partial charge < -0.3 is 10.8 Å². The van der Waals surface area contributed by atoms with Gasteiger partial charge in [0.1, 0.15) is 5.82 Å². The SMILES string of the molecule is NCC(c1ccc(Cl)c(Cl)c1)C(O)c1cccc(F)c1. The molecule has 0 fully saturated rings. The Morgan fingerprint density at radius 1 is 1.05 bits per heavy atom. The van der Waals surface area contributed by atoms with Gasteiger partial charge in [-0.2, -0.15) is 0 Å². The largest absolute Gasteiger partial charge is 0.388 e. The van der Waals surface area contributed by atoms with Gasteiger partial charge in [-0.3, -0.25) is 0 Å². The number of nitrogens with two attached hydrogens (primary N) is 1. The van der Waals surface area contributed by atoms with E-state index < -0.39 is 11.9 Å². The standard InChI is InChI=1S/C15H14Cl2FNO/c16-13-5-4-9(7-14(13)17)12(8-19)15(20)10-2-1-3-11(18)6-10/h1-7,12,15,20H,8,19H2. The quantitative estimate of drug-likeness (QED) is 0.899. The van der Waals surface area contributed by atoms with E-state index in [0.717, 1.165) is 5.56 Å². The highest BCUT2D eigenvalue weighted by atomic mass is 35.5. The van der Waals surface area contributed by atoms with E-state index in [9.17, 15) is 9.50 Å². The summed E-state index contributed by atoms with van der Waals surface area (Å²) < 4.78 is 13.2. The highest BCUT2D eigenvalue weighted by Gasteiger charge is 2.22. The van der Waals surface area contributed by atoms with Crippen molar-refractivity contribution in [1.29, 1.82) is 0 Å². The lowest BCUT2D eigenvalue weighted by Crippen LogP contribution is -2.20. The predicted molar refractivity (Wildman–Crippen MR) is 79.6 cm³/mol. The molecule has 0 aliphatic heterocycles. The van der Waals surface area contributed by atoms with Gasteiger partial charge in [-0.05, 0) is 35.4 Å². The number of halogens is 3. The molecule has 106 valence electrons. The van der Waals surface area contributed by atoms with E-state index in [0.29, 0.717) is 15.6 Å². The molecule has 0 spiro atoms. The van der Waals surface area contributed by atoms with Crippen molar-refractivity contribution in [1.82, 2.24) is 0 Å². The van der Waals surface area contributed by atoms with Crippen LogP contribution >= 0.6 is 23.2 Å². The van der Waals surface area contributed by atoms with Crippen molar-refractivity contribution in [2.45, 2.75) is 12.0 Å². The summed E-state index contributed by atoms with van der Waals surface area (Å²) in [7, 11) is 0. The molecule has 0 aliphatic carbocycles. The zero-order valence-corrected chi connectivity index (χ0v) is 12.1. The van der Waals surface area contributed by atoms with E-state index in [2.05, 4.69) is 0 Å². The maximum atomic E-state index is 13.2. The lowest BCUT2D eigenvalue weighted by Gasteiger charge is -2.22. The lowest BCUT2D eigenvalue weighted by molar-refractivity contribution is 0.147. The Labute approximate surface area is 126 Å². The van der Waals surface area contributed by atoms with Crippen LogP contribution in [0.2, 0.25) is 10.0 Å². The average molecular weight is 314 g/mol. The van der Waals surface area contributed by atoms with Crippen molar-refractivity contribution in [2.75, 3.05) is 6.54 Å². The molecule has 2 atom stereocenters. The van der Waals surface area contributed by atoms with Crippen LogP contribution < -0.4 is 5.73 Å². The van der Waals surface area contributed by atoms with E-state index in [1.807, 2.05) is 0 Å². The summed E-state index contributed by atoms with van der Waals surface area (Å²) in [5.41, 5.74) is 6.98. The first kappa shape index (κ1) is 15.3. The summed E-state index contributed by atoms with van der Waals surface area (Å²) in [6, 6.07) is 10.9. The molecule has 0 saturated heterocycles. The van der Waals surface area contributed by atoms with Gasteiger partial charge in [0.05, 0.1) is 16.1 Å². The molecule has 0 amide bonds. The van der Waals surface area contributed by atoms with Crippen molar-refractivity contribution >= 4 is 23.2 Å². The van der Waals surface area contributed by atoms with E-state index >= 15 is 0 Å². The fraction of sp³-hybridized carbons (Fsp3) is 0.200. The van der Waals surface area contributed by atoms with Crippen molar-refractivity contribution in [2.24, 2.45) is 5.73 Å². The Kier molecular flexibility index (Phi) is 5.00. The smallest absolute Gasteiger partial charge is 0.123 e. The average Bonchev–Trinajstić information content (AvgIpc) is 2.43. The van der Waals surface area contributed by atoms with Crippen LogP contribution in [-0.4, -0.2) is 11.7 Å². The second-order valence-electron chi connectivity index (χ2n) is 4.52. The topological polar surface area (TPSA) is 46.2 Å². The summed E-state index contributed by atoms with van der Waals surface area (Å²) in [6.45, 7) is 0.204. The van der Waals surface area contributed by atoms with Gasteiger partial charge in [0.2, 0.25) is 0 Å². The molecule has 0 bridgehead atoms. The Balaban J connectivity index is 2.33. The first-order valence-corrected chi connectivity index (χ1v) is 6.87. The van der Waals surface area contributed by atoms with E-state index in [1.54, 1.807) is 30.3 Å². The summed E-state index contributed by atoms with van der Waals surface area (Å²) in [4.78, 5) is 0. The van der Waals surface area contributed by atoms with Crippen LogP contribution in [-0.2, 0) is 0 Å². The van der Waals surface area contributed by atoms with Crippen molar-refractivity contribution < 1.29 is 9.50 Å². The molecule has 0 aliphatic rings. The first-order valence-electron chi connectivity index (χ1n) is 6.11. The normalized spacial score (nSPS) is 14.1. The zero-order valence-electron chi connectivity index (χ0n) is 10.6. The fourth-order valence-corrected chi connectivity index (χ4v) is 2.42. The Morgan fingerprint density at radius 2 is 1.80 bits per heavy atom. The minimum atomic E-state index is -0.909. The van der Waals surface area contributed by atoms with E-state index in [-0.39, 0.29) is 12.5 Å². The fourth-order valence-electron chi connectivity index (χ4n) is 2.11. The summed E-state index contributed by atoms with van der Waals surface area (Å²) in [5.74, 6) is -0.780. The third kappa shape index (κ3) is 3.30. The van der Waals surface area contributed by atoms with Crippen LogP contribution in [0.1, 0.15) is 23.1 Å². The van der Waals surface area contributed by atoms with Crippen LogP contribution in [0.4, 0.5) is 4.39 Å². The van der Waals surface area contributed by atoms with Crippen LogP contribution in [0.15, 0.2) is 42.5 Å². The number of aliphatic hydroxyl groups is 1. The number of rotatable bonds is 4. The molecule has 5 heteroatoms. The third-order valence-electron chi connectivity index (χ3n) is 3.20. The van der Waals surface area contributed by atoms with Crippen LogP contribution in [0.5, 0.6) is 0 Å².